The van der Waals surface area contributed by atoms with E-state index in [1.54, 1.807) is 24.3 Å². The van der Waals surface area contributed by atoms with Crippen molar-refractivity contribution in [2.75, 3.05) is 16.0 Å². The lowest BCUT2D eigenvalue weighted by molar-refractivity contribution is 0.102. The number of nitrogens with zero attached hydrogens (tertiary/aromatic N) is 1. The molecule has 3 N–H and O–H groups in total. The molecule has 10 heteroatoms. The van der Waals surface area contributed by atoms with Gasteiger partial charge in [-0.05, 0) is 42.5 Å². The number of hydrogen-bond donors (Lipinski definition) is 3. The van der Waals surface area contributed by atoms with E-state index in [9.17, 15) is 14.0 Å². The highest BCUT2D eigenvalue weighted by Crippen LogP contribution is 2.21. The van der Waals surface area contributed by atoms with E-state index in [1.165, 1.54) is 17.5 Å². The standard InChI is InChI=1S/C17H11Cl2FN4O2S/c18-9-1-3-10(4-2-9)22-16(26)24-17-23-14(8-27-17)15(25)21-11-5-6-13(20)12(19)7-11/h1-8H,(H,21,25)(H2,22,23,24,26). The average molecular weight is 425 g/mol. The van der Waals surface area contributed by atoms with Gasteiger partial charge in [0.1, 0.15) is 11.5 Å². The SMILES string of the molecule is O=C(Nc1ccc(Cl)cc1)Nc1nc(C(=O)Nc2ccc(F)c(Cl)c2)cs1. The minimum Gasteiger partial charge on any atom is -0.321 e. The van der Waals surface area contributed by atoms with Crippen molar-refractivity contribution in [2.45, 2.75) is 0 Å². The third kappa shape index (κ3) is 5.16. The van der Waals surface area contributed by atoms with Crippen LogP contribution in [0.25, 0.3) is 0 Å². The number of urea groups is 1. The lowest BCUT2D eigenvalue weighted by Gasteiger charge is -2.05. The summed E-state index contributed by atoms with van der Waals surface area (Å²) >= 11 is 12.5. The molecule has 0 fully saturated rings. The number of amides is 3. The molecule has 0 unspecified atom stereocenters. The lowest BCUT2D eigenvalue weighted by atomic mass is 10.3. The molecular weight excluding hydrogens is 414 g/mol. The van der Waals surface area contributed by atoms with Gasteiger partial charge >= 0.3 is 6.03 Å². The molecule has 3 amide bonds. The van der Waals surface area contributed by atoms with Gasteiger partial charge in [-0.1, -0.05) is 23.2 Å². The highest BCUT2D eigenvalue weighted by Gasteiger charge is 2.13. The van der Waals surface area contributed by atoms with Crippen LogP contribution in [-0.4, -0.2) is 16.9 Å². The van der Waals surface area contributed by atoms with Crippen LogP contribution in [0.1, 0.15) is 10.5 Å². The molecule has 0 radical (unpaired) electrons. The molecule has 1 heterocycles. The summed E-state index contributed by atoms with van der Waals surface area (Å²) < 4.78 is 13.2. The minimum atomic E-state index is -0.582. The molecule has 138 valence electrons. The van der Waals surface area contributed by atoms with Gasteiger partial charge in [0.15, 0.2) is 5.13 Å². The summed E-state index contributed by atoms with van der Waals surface area (Å²) in [6.07, 6.45) is 0. The van der Waals surface area contributed by atoms with Crippen LogP contribution in [0, 0.1) is 5.82 Å². The van der Waals surface area contributed by atoms with Crippen LogP contribution in [0.2, 0.25) is 10.0 Å². The Morgan fingerprint density at radius 3 is 2.37 bits per heavy atom. The van der Waals surface area contributed by atoms with Crippen LogP contribution in [0.3, 0.4) is 0 Å². The van der Waals surface area contributed by atoms with Crippen LogP contribution in [-0.2, 0) is 0 Å². The van der Waals surface area contributed by atoms with Crippen molar-refractivity contribution in [3.8, 4) is 0 Å². The Morgan fingerprint density at radius 2 is 1.67 bits per heavy atom. The molecule has 0 atom stereocenters. The summed E-state index contributed by atoms with van der Waals surface area (Å²) in [7, 11) is 0. The molecule has 0 aliphatic carbocycles. The largest absolute Gasteiger partial charge is 0.325 e. The van der Waals surface area contributed by atoms with Crippen molar-refractivity contribution in [1.82, 2.24) is 4.98 Å². The minimum absolute atomic E-state index is 0.0993. The number of halogens is 3. The molecule has 0 aliphatic rings. The highest BCUT2D eigenvalue weighted by atomic mass is 35.5. The Morgan fingerprint density at radius 1 is 0.963 bits per heavy atom. The molecule has 1 aromatic heterocycles. The molecule has 6 nitrogen and oxygen atoms in total. The maximum Gasteiger partial charge on any atom is 0.325 e. The summed E-state index contributed by atoms with van der Waals surface area (Å²) in [5.41, 5.74) is 0.983. The monoisotopic (exact) mass is 424 g/mol. The third-order valence-electron chi connectivity index (χ3n) is 3.24. The van der Waals surface area contributed by atoms with Gasteiger partial charge in [0, 0.05) is 21.8 Å². The first-order valence-electron chi connectivity index (χ1n) is 7.46. The van der Waals surface area contributed by atoms with E-state index in [0.717, 1.165) is 17.4 Å². The summed E-state index contributed by atoms with van der Waals surface area (Å²) in [5.74, 6) is -1.10. The predicted molar refractivity (Wildman–Crippen MR) is 106 cm³/mol. The number of hydrogen-bond acceptors (Lipinski definition) is 4. The fraction of sp³-hybridized carbons (Fsp3) is 0. The number of aromatic nitrogens is 1. The van der Waals surface area contributed by atoms with Crippen LogP contribution in [0.15, 0.2) is 47.8 Å². The first-order chi connectivity index (χ1) is 12.9. The highest BCUT2D eigenvalue weighted by molar-refractivity contribution is 7.14. The van der Waals surface area contributed by atoms with E-state index >= 15 is 0 Å². The first kappa shape index (κ1) is 19.1. The quantitative estimate of drug-likeness (QED) is 0.517. The Hall–Kier alpha value is -2.68. The zero-order chi connectivity index (χ0) is 19.4. The number of anilines is 3. The molecule has 0 saturated heterocycles. The van der Waals surface area contributed by atoms with Gasteiger partial charge in [0.05, 0.1) is 5.02 Å². The van der Waals surface area contributed by atoms with Gasteiger partial charge in [-0.3, -0.25) is 10.1 Å². The van der Waals surface area contributed by atoms with Crippen LogP contribution in [0.4, 0.5) is 25.7 Å². The Balaban J connectivity index is 1.60. The van der Waals surface area contributed by atoms with E-state index in [2.05, 4.69) is 20.9 Å². The smallest absolute Gasteiger partial charge is 0.321 e. The van der Waals surface area contributed by atoms with Crippen molar-refractivity contribution in [1.29, 1.82) is 0 Å². The molecule has 0 spiro atoms. The maximum absolute atomic E-state index is 13.2. The second-order valence-corrected chi connectivity index (χ2v) is 6.91. The number of benzene rings is 2. The fourth-order valence-electron chi connectivity index (χ4n) is 2.00. The zero-order valence-electron chi connectivity index (χ0n) is 13.4. The predicted octanol–water partition coefficient (Wildman–Crippen LogP) is 5.49. The average Bonchev–Trinajstić information content (AvgIpc) is 3.08. The fourth-order valence-corrected chi connectivity index (χ4v) is 2.99. The Labute approximate surface area is 167 Å². The molecule has 0 saturated carbocycles. The van der Waals surface area contributed by atoms with Crippen molar-refractivity contribution in [3.05, 3.63) is 69.4 Å². The summed E-state index contributed by atoms with van der Waals surface area (Å²) in [6.45, 7) is 0. The lowest BCUT2D eigenvalue weighted by Crippen LogP contribution is -2.19. The molecule has 2 aromatic carbocycles. The van der Waals surface area contributed by atoms with Crippen molar-refractivity contribution in [2.24, 2.45) is 0 Å². The van der Waals surface area contributed by atoms with Crippen molar-refractivity contribution < 1.29 is 14.0 Å². The summed E-state index contributed by atoms with van der Waals surface area (Å²) in [4.78, 5) is 28.2. The number of carbonyl (C=O) groups is 2. The van der Waals surface area contributed by atoms with Gasteiger partial charge in [0.2, 0.25) is 0 Å². The first-order valence-corrected chi connectivity index (χ1v) is 9.10. The normalized spacial score (nSPS) is 10.3. The van der Waals surface area contributed by atoms with Gasteiger partial charge in [-0.25, -0.2) is 14.2 Å². The molecule has 3 aromatic rings. The van der Waals surface area contributed by atoms with Gasteiger partial charge in [-0.2, -0.15) is 0 Å². The summed E-state index contributed by atoms with van der Waals surface area (Å²) in [6, 6.07) is 9.89. The third-order valence-corrected chi connectivity index (χ3v) is 4.54. The van der Waals surface area contributed by atoms with E-state index in [1.807, 2.05) is 0 Å². The van der Waals surface area contributed by atoms with Gasteiger partial charge < -0.3 is 10.6 Å². The van der Waals surface area contributed by atoms with E-state index in [0.29, 0.717) is 16.4 Å². The second kappa shape index (κ2) is 8.34. The molecule has 0 aliphatic heterocycles. The molecule has 3 rings (SSSR count). The molecule has 0 bridgehead atoms. The second-order valence-electron chi connectivity index (χ2n) is 5.21. The number of rotatable bonds is 4. The van der Waals surface area contributed by atoms with E-state index < -0.39 is 17.8 Å². The van der Waals surface area contributed by atoms with Gasteiger partial charge in [-0.15, -0.1) is 11.3 Å². The molecule has 27 heavy (non-hydrogen) atoms. The maximum atomic E-state index is 13.2. The summed E-state index contributed by atoms with van der Waals surface area (Å²) in [5, 5.41) is 9.87. The molecular formula is C17H11Cl2FN4O2S. The number of nitrogens with one attached hydrogen (secondary N) is 3. The van der Waals surface area contributed by atoms with Crippen molar-refractivity contribution in [3.63, 3.8) is 0 Å². The van der Waals surface area contributed by atoms with E-state index in [4.69, 9.17) is 23.2 Å². The topological polar surface area (TPSA) is 83.1 Å². The Kier molecular flexibility index (Phi) is 5.90. The van der Waals surface area contributed by atoms with Gasteiger partial charge in [0.25, 0.3) is 5.91 Å². The van der Waals surface area contributed by atoms with Crippen molar-refractivity contribution >= 4 is 63.0 Å². The van der Waals surface area contributed by atoms with Crippen LogP contribution < -0.4 is 16.0 Å². The van der Waals surface area contributed by atoms with Crippen LogP contribution >= 0.6 is 34.5 Å². The number of thiazole rings is 1. The van der Waals surface area contributed by atoms with Crippen LogP contribution in [0.5, 0.6) is 0 Å². The number of carbonyl (C=O) groups excluding carboxylic acids is 2. The Bertz CT molecular complexity index is 995. The van der Waals surface area contributed by atoms with E-state index in [-0.39, 0.29) is 15.8 Å². The zero-order valence-corrected chi connectivity index (χ0v) is 15.8.